The lowest BCUT2D eigenvalue weighted by atomic mass is 10.3. The zero-order chi connectivity index (χ0) is 16.4. The Kier molecular flexibility index (Phi) is 11.6. The summed E-state index contributed by atoms with van der Waals surface area (Å²) in [6.07, 6.45) is 2.16. The van der Waals surface area contributed by atoms with Crippen molar-refractivity contribution < 1.29 is 8.42 Å². The van der Waals surface area contributed by atoms with Crippen molar-refractivity contribution in [1.82, 2.24) is 15.4 Å². The molecule has 0 bridgehead atoms. The van der Waals surface area contributed by atoms with E-state index in [1.807, 2.05) is 0 Å². The lowest BCUT2D eigenvalue weighted by Crippen LogP contribution is -2.41. The van der Waals surface area contributed by atoms with Gasteiger partial charge in [0.2, 0.25) is 10.0 Å². The molecule has 1 aromatic rings. The maximum atomic E-state index is 12.1. The molecule has 0 aliphatic rings. The van der Waals surface area contributed by atoms with Gasteiger partial charge in [0, 0.05) is 31.7 Å². The van der Waals surface area contributed by atoms with Gasteiger partial charge in [-0.2, -0.15) is 0 Å². The second-order valence-corrected chi connectivity index (χ2v) is 6.84. The molecule has 9 heteroatoms. The van der Waals surface area contributed by atoms with Gasteiger partial charge in [-0.25, -0.2) is 13.1 Å². The highest BCUT2D eigenvalue weighted by molar-refractivity contribution is 14.0. The maximum Gasteiger partial charge on any atom is 0.240 e. The quantitative estimate of drug-likeness (QED) is 0.233. The van der Waals surface area contributed by atoms with Gasteiger partial charge in [0.1, 0.15) is 0 Å². The minimum Gasteiger partial charge on any atom is -0.356 e. The van der Waals surface area contributed by atoms with Crippen LogP contribution in [0.2, 0.25) is 5.02 Å². The number of nitrogens with zero attached hydrogens (tertiary/aromatic N) is 1. The van der Waals surface area contributed by atoms with Gasteiger partial charge in [0.25, 0.3) is 0 Å². The average Bonchev–Trinajstić information content (AvgIpc) is 2.50. The van der Waals surface area contributed by atoms with Crippen LogP contribution in [0, 0.1) is 0 Å². The molecule has 1 aromatic carbocycles. The lowest BCUT2D eigenvalue weighted by Gasteiger charge is -2.12. The number of guanidine groups is 1. The van der Waals surface area contributed by atoms with Crippen molar-refractivity contribution >= 4 is 51.6 Å². The third kappa shape index (κ3) is 8.73. The Morgan fingerprint density at radius 1 is 1.22 bits per heavy atom. The molecule has 0 heterocycles. The Bertz CT molecular complexity index is 596. The van der Waals surface area contributed by atoms with Gasteiger partial charge in [-0.1, -0.05) is 31.0 Å². The first-order valence-corrected chi connectivity index (χ1v) is 9.05. The van der Waals surface area contributed by atoms with Gasteiger partial charge in [-0.3, -0.25) is 4.99 Å². The van der Waals surface area contributed by atoms with Crippen molar-refractivity contribution in [2.75, 3.05) is 26.7 Å². The molecule has 0 fully saturated rings. The predicted octanol–water partition coefficient (Wildman–Crippen LogP) is 2.20. The van der Waals surface area contributed by atoms with Crippen molar-refractivity contribution in [3.8, 4) is 0 Å². The van der Waals surface area contributed by atoms with Gasteiger partial charge in [-0.15, -0.1) is 24.0 Å². The van der Waals surface area contributed by atoms with E-state index < -0.39 is 10.0 Å². The fraction of sp³-hybridized carbons (Fsp3) is 0.500. The van der Waals surface area contributed by atoms with E-state index in [2.05, 4.69) is 27.3 Å². The molecule has 0 atom stereocenters. The van der Waals surface area contributed by atoms with Crippen molar-refractivity contribution in [2.24, 2.45) is 4.99 Å². The molecule has 6 nitrogen and oxygen atoms in total. The van der Waals surface area contributed by atoms with Crippen molar-refractivity contribution in [3.05, 3.63) is 29.3 Å². The Hall–Kier alpha value is -0.580. The summed E-state index contributed by atoms with van der Waals surface area (Å²) in [7, 11) is -1.87. The lowest BCUT2D eigenvalue weighted by molar-refractivity contribution is 0.580. The van der Waals surface area contributed by atoms with Crippen molar-refractivity contribution in [1.29, 1.82) is 0 Å². The number of benzene rings is 1. The van der Waals surface area contributed by atoms with Crippen LogP contribution in [0.25, 0.3) is 0 Å². The number of hydrogen-bond acceptors (Lipinski definition) is 3. The van der Waals surface area contributed by atoms with Gasteiger partial charge in [0.15, 0.2) is 5.96 Å². The number of unbranched alkanes of at least 4 members (excludes halogenated alkanes) is 1. The van der Waals surface area contributed by atoms with Crippen LogP contribution in [0.4, 0.5) is 0 Å². The van der Waals surface area contributed by atoms with E-state index in [0.29, 0.717) is 17.5 Å². The number of aliphatic imine (C=N–C) groups is 1. The number of sulfonamides is 1. The summed E-state index contributed by atoms with van der Waals surface area (Å²) in [6, 6.07) is 6.16. The predicted molar refractivity (Wildman–Crippen MR) is 106 cm³/mol. The molecule has 132 valence electrons. The third-order valence-electron chi connectivity index (χ3n) is 2.86. The van der Waals surface area contributed by atoms with Crippen LogP contribution in [-0.4, -0.2) is 41.1 Å². The van der Waals surface area contributed by atoms with Gasteiger partial charge in [0.05, 0.1) is 4.90 Å². The maximum absolute atomic E-state index is 12.1. The molecule has 23 heavy (non-hydrogen) atoms. The fourth-order valence-electron chi connectivity index (χ4n) is 1.69. The van der Waals surface area contributed by atoms with Gasteiger partial charge in [-0.05, 0) is 24.6 Å². The molecule has 0 radical (unpaired) electrons. The highest BCUT2D eigenvalue weighted by Crippen LogP contribution is 2.14. The van der Waals surface area contributed by atoms with E-state index >= 15 is 0 Å². The zero-order valence-corrected chi connectivity index (χ0v) is 17.2. The van der Waals surface area contributed by atoms with E-state index in [-0.39, 0.29) is 35.4 Å². The molecule has 1 rings (SSSR count). The normalized spacial score (nSPS) is 11.7. The van der Waals surface area contributed by atoms with Crippen LogP contribution in [-0.2, 0) is 10.0 Å². The molecule has 0 aliphatic heterocycles. The molecular formula is C14H24ClIN4O2S. The summed E-state index contributed by atoms with van der Waals surface area (Å²) in [5.74, 6) is 0.662. The highest BCUT2D eigenvalue weighted by atomic mass is 127. The van der Waals surface area contributed by atoms with Crippen LogP contribution < -0.4 is 15.4 Å². The smallest absolute Gasteiger partial charge is 0.240 e. The van der Waals surface area contributed by atoms with E-state index in [1.165, 1.54) is 12.1 Å². The molecule has 0 spiro atoms. The summed E-state index contributed by atoms with van der Waals surface area (Å²) in [5.41, 5.74) is 0. The third-order valence-corrected chi connectivity index (χ3v) is 4.56. The van der Waals surface area contributed by atoms with Gasteiger partial charge < -0.3 is 10.6 Å². The number of nitrogens with one attached hydrogen (secondary N) is 3. The van der Waals surface area contributed by atoms with E-state index in [1.54, 1.807) is 19.2 Å². The van der Waals surface area contributed by atoms with Crippen LogP contribution in [0.15, 0.2) is 34.2 Å². The summed E-state index contributed by atoms with van der Waals surface area (Å²) < 4.78 is 26.6. The topological polar surface area (TPSA) is 82.6 Å². The van der Waals surface area contributed by atoms with Crippen LogP contribution in [0.1, 0.15) is 19.8 Å². The highest BCUT2D eigenvalue weighted by Gasteiger charge is 2.13. The monoisotopic (exact) mass is 474 g/mol. The molecule has 0 aliphatic carbocycles. The van der Waals surface area contributed by atoms with Crippen LogP contribution in [0.3, 0.4) is 0 Å². The minimum atomic E-state index is -3.54. The molecule has 0 amide bonds. The van der Waals surface area contributed by atoms with Crippen molar-refractivity contribution in [2.45, 2.75) is 24.7 Å². The Balaban J connectivity index is 0.00000484. The molecule has 3 N–H and O–H groups in total. The minimum absolute atomic E-state index is 0. The number of rotatable bonds is 8. The summed E-state index contributed by atoms with van der Waals surface area (Å²) in [6.45, 7) is 3.64. The average molecular weight is 475 g/mol. The summed E-state index contributed by atoms with van der Waals surface area (Å²) >= 11 is 5.80. The first-order valence-electron chi connectivity index (χ1n) is 7.19. The Labute approximate surface area is 160 Å². The first kappa shape index (κ1) is 22.4. The number of hydrogen-bond donors (Lipinski definition) is 3. The van der Waals surface area contributed by atoms with Crippen molar-refractivity contribution in [3.63, 3.8) is 0 Å². The first-order chi connectivity index (χ1) is 10.5. The van der Waals surface area contributed by atoms with E-state index in [0.717, 1.165) is 19.4 Å². The molecule has 0 unspecified atom stereocenters. The second kappa shape index (κ2) is 11.9. The molecule has 0 aromatic heterocycles. The Morgan fingerprint density at radius 3 is 2.52 bits per heavy atom. The zero-order valence-electron chi connectivity index (χ0n) is 13.3. The summed E-state index contributed by atoms with van der Waals surface area (Å²) in [4.78, 5) is 4.22. The molecular weight excluding hydrogens is 451 g/mol. The summed E-state index contributed by atoms with van der Waals surface area (Å²) in [5, 5.41) is 6.59. The Morgan fingerprint density at radius 2 is 1.91 bits per heavy atom. The standard InChI is InChI=1S/C14H23ClN4O2S.HI/c1-3-4-8-17-14(16-2)18-9-10-19-22(20,21)13-7-5-6-12(15)11-13;/h5-7,11,19H,3-4,8-10H2,1-2H3,(H2,16,17,18);1H. The van der Waals surface area contributed by atoms with Crippen LogP contribution >= 0.6 is 35.6 Å². The SMILES string of the molecule is CCCCNC(=NC)NCCNS(=O)(=O)c1cccc(Cl)c1.I. The largest absolute Gasteiger partial charge is 0.356 e. The van der Waals surface area contributed by atoms with Crippen LogP contribution in [0.5, 0.6) is 0 Å². The molecule has 0 saturated heterocycles. The number of halogens is 2. The van der Waals surface area contributed by atoms with E-state index in [4.69, 9.17) is 11.6 Å². The fourth-order valence-corrected chi connectivity index (χ4v) is 3.02. The second-order valence-electron chi connectivity index (χ2n) is 4.63. The van der Waals surface area contributed by atoms with E-state index in [9.17, 15) is 8.42 Å². The van der Waals surface area contributed by atoms with Gasteiger partial charge >= 0.3 is 0 Å². The molecule has 0 saturated carbocycles.